The van der Waals surface area contributed by atoms with Crippen molar-refractivity contribution in [1.82, 2.24) is 19.6 Å². The van der Waals surface area contributed by atoms with Gasteiger partial charge in [0, 0.05) is 73.7 Å². The van der Waals surface area contributed by atoms with Crippen molar-refractivity contribution >= 4 is 58.2 Å². The topological polar surface area (TPSA) is 56.7 Å². The first kappa shape index (κ1) is 22.5. The maximum Gasteiger partial charge on any atom is 0.205 e. The van der Waals surface area contributed by atoms with E-state index in [-0.39, 0.29) is 41.8 Å². The Balaban J connectivity index is 0.00000240. The summed E-state index contributed by atoms with van der Waals surface area (Å²) in [6, 6.07) is 5.04. The third kappa shape index (κ3) is 4.93. The number of benzene rings is 1. The van der Waals surface area contributed by atoms with E-state index < -0.39 is 0 Å². The van der Waals surface area contributed by atoms with Crippen LogP contribution in [-0.4, -0.2) is 59.5 Å². The summed E-state index contributed by atoms with van der Waals surface area (Å²) in [5.74, 6) is 1.65. The maximum atomic E-state index is 14.2. The molecule has 2 unspecified atom stereocenters. The van der Waals surface area contributed by atoms with Crippen LogP contribution >= 0.6 is 47.1 Å². The highest BCUT2D eigenvalue weighted by molar-refractivity contribution is 14.0. The highest BCUT2D eigenvalue weighted by Crippen LogP contribution is 2.45. The molecule has 1 aliphatic carbocycles. The number of piperazine rings is 1. The van der Waals surface area contributed by atoms with Gasteiger partial charge in [0.15, 0.2) is 5.96 Å². The molecule has 0 amide bonds. The van der Waals surface area contributed by atoms with Crippen LogP contribution in [0, 0.1) is 5.82 Å². The SMILES string of the molecule is CCc1nsc(N2CCN(C(=NC)NC3CC3c3c(F)cccc3Cl)CC2)n1.I. The smallest absolute Gasteiger partial charge is 0.205 e. The minimum Gasteiger partial charge on any atom is -0.353 e. The van der Waals surface area contributed by atoms with Gasteiger partial charge in [0.25, 0.3) is 0 Å². The third-order valence-electron chi connectivity index (χ3n) is 5.31. The van der Waals surface area contributed by atoms with E-state index in [9.17, 15) is 4.39 Å². The number of nitrogens with one attached hydrogen (secondary N) is 1. The lowest BCUT2D eigenvalue weighted by Gasteiger charge is -2.36. The molecule has 2 fully saturated rings. The molecule has 1 aromatic heterocycles. The van der Waals surface area contributed by atoms with Crippen LogP contribution in [-0.2, 0) is 6.42 Å². The van der Waals surface area contributed by atoms with Crippen LogP contribution in [0.4, 0.5) is 9.52 Å². The minimum absolute atomic E-state index is 0. The van der Waals surface area contributed by atoms with Gasteiger partial charge >= 0.3 is 0 Å². The van der Waals surface area contributed by atoms with E-state index in [0.717, 1.165) is 55.9 Å². The van der Waals surface area contributed by atoms with E-state index in [1.807, 2.05) is 0 Å². The Morgan fingerprint density at radius 2 is 2.10 bits per heavy atom. The number of halogens is 3. The molecule has 2 aliphatic rings. The zero-order valence-corrected chi connectivity index (χ0v) is 20.3. The molecule has 10 heteroatoms. The fraction of sp³-hybridized carbons (Fsp3) is 0.526. The Morgan fingerprint density at radius 1 is 1.34 bits per heavy atom. The Bertz CT molecular complexity index is 850. The van der Waals surface area contributed by atoms with Gasteiger partial charge in [0.05, 0.1) is 0 Å². The first-order valence-electron chi connectivity index (χ1n) is 9.60. The Kier molecular flexibility index (Phi) is 7.55. The van der Waals surface area contributed by atoms with Gasteiger partial charge in [-0.1, -0.05) is 24.6 Å². The Labute approximate surface area is 196 Å². The second kappa shape index (κ2) is 9.74. The van der Waals surface area contributed by atoms with Crippen LogP contribution in [0.5, 0.6) is 0 Å². The highest BCUT2D eigenvalue weighted by Gasteiger charge is 2.42. The number of guanidine groups is 1. The largest absolute Gasteiger partial charge is 0.353 e. The van der Waals surface area contributed by atoms with Crippen molar-refractivity contribution in [2.75, 3.05) is 38.1 Å². The summed E-state index contributed by atoms with van der Waals surface area (Å²) in [4.78, 5) is 13.5. The lowest BCUT2D eigenvalue weighted by atomic mass is 10.1. The summed E-state index contributed by atoms with van der Waals surface area (Å²) in [7, 11) is 1.79. The van der Waals surface area contributed by atoms with E-state index in [1.54, 1.807) is 19.2 Å². The van der Waals surface area contributed by atoms with Crippen LogP contribution in [0.15, 0.2) is 23.2 Å². The number of anilines is 1. The lowest BCUT2D eigenvalue weighted by Crippen LogP contribution is -2.53. The number of hydrogen-bond acceptors (Lipinski definition) is 5. The highest BCUT2D eigenvalue weighted by atomic mass is 127. The van der Waals surface area contributed by atoms with Gasteiger partial charge in [-0.15, -0.1) is 24.0 Å². The van der Waals surface area contributed by atoms with Crippen LogP contribution in [0.2, 0.25) is 5.02 Å². The zero-order valence-electron chi connectivity index (χ0n) is 16.4. The van der Waals surface area contributed by atoms with Gasteiger partial charge in [0.1, 0.15) is 11.6 Å². The van der Waals surface area contributed by atoms with E-state index >= 15 is 0 Å². The number of aliphatic imine (C=N–C) groups is 1. The van der Waals surface area contributed by atoms with E-state index in [1.165, 1.54) is 17.6 Å². The van der Waals surface area contributed by atoms with Crippen molar-refractivity contribution < 1.29 is 4.39 Å². The molecule has 4 rings (SSSR count). The fourth-order valence-corrected chi connectivity index (χ4v) is 4.73. The molecule has 2 atom stereocenters. The van der Waals surface area contributed by atoms with E-state index in [0.29, 0.717) is 10.6 Å². The predicted octanol–water partition coefficient (Wildman–Crippen LogP) is 3.76. The number of aromatic nitrogens is 2. The second-order valence-corrected chi connectivity index (χ2v) is 8.23. The summed E-state index contributed by atoms with van der Waals surface area (Å²) >= 11 is 7.68. The molecule has 29 heavy (non-hydrogen) atoms. The van der Waals surface area contributed by atoms with Crippen molar-refractivity contribution in [2.45, 2.75) is 31.7 Å². The first-order valence-corrected chi connectivity index (χ1v) is 10.8. The molecule has 1 N–H and O–H groups in total. The van der Waals surface area contributed by atoms with Gasteiger partial charge in [-0.3, -0.25) is 4.99 Å². The molecule has 0 bridgehead atoms. The van der Waals surface area contributed by atoms with Crippen LogP contribution in [0.25, 0.3) is 0 Å². The Morgan fingerprint density at radius 3 is 2.72 bits per heavy atom. The number of aryl methyl sites for hydroxylation is 1. The van der Waals surface area contributed by atoms with Crippen molar-refractivity contribution in [2.24, 2.45) is 4.99 Å². The average Bonchev–Trinajstić information content (AvgIpc) is 3.28. The normalized spacial score (nSPS) is 21.7. The molecule has 2 aromatic rings. The summed E-state index contributed by atoms with van der Waals surface area (Å²) in [6.45, 7) is 5.55. The first-order chi connectivity index (χ1) is 13.6. The second-order valence-electron chi connectivity index (χ2n) is 7.10. The number of hydrogen-bond donors (Lipinski definition) is 1. The molecule has 158 valence electrons. The van der Waals surface area contributed by atoms with Crippen molar-refractivity contribution in [3.8, 4) is 0 Å². The van der Waals surface area contributed by atoms with Gasteiger partial charge < -0.3 is 15.1 Å². The standard InChI is InChI=1S/C19H24ClFN6S.HI/c1-3-16-24-19(28-25-16)27-9-7-26(8-10-27)18(22-2)23-15-11-12(15)17-13(20)5-4-6-14(17)21;/h4-6,12,15H,3,7-11H2,1-2H3,(H,22,23);1H. The van der Waals surface area contributed by atoms with Gasteiger partial charge in [0.2, 0.25) is 5.13 Å². The third-order valence-corrected chi connectivity index (χ3v) is 6.45. The molecule has 2 heterocycles. The van der Waals surface area contributed by atoms with Gasteiger partial charge in [-0.05, 0) is 18.6 Å². The van der Waals surface area contributed by atoms with Crippen LogP contribution in [0.3, 0.4) is 0 Å². The summed E-state index contributed by atoms with van der Waals surface area (Å²) in [6.07, 6.45) is 1.73. The molecule has 1 aromatic carbocycles. The minimum atomic E-state index is -0.228. The molecule has 1 saturated carbocycles. The van der Waals surface area contributed by atoms with Gasteiger partial charge in [-0.2, -0.15) is 4.37 Å². The number of nitrogens with zero attached hydrogens (tertiary/aromatic N) is 5. The summed E-state index contributed by atoms with van der Waals surface area (Å²) < 4.78 is 18.5. The summed E-state index contributed by atoms with van der Waals surface area (Å²) in [5.41, 5.74) is 0.616. The van der Waals surface area contributed by atoms with E-state index in [2.05, 4.69) is 36.4 Å². The molecular formula is C19H25ClFIN6S. The zero-order chi connectivity index (χ0) is 19.7. The molecule has 1 saturated heterocycles. The fourth-order valence-electron chi connectivity index (χ4n) is 3.63. The molecule has 1 aliphatic heterocycles. The van der Waals surface area contributed by atoms with Crippen molar-refractivity contribution in [3.63, 3.8) is 0 Å². The Hall–Kier alpha value is -1.20. The van der Waals surface area contributed by atoms with E-state index in [4.69, 9.17) is 11.6 Å². The molecule has 0 radical (unpaired) electrons. The molecule has 0 spiro atoms. The number of rotatable bonds is 4. The van der Waals surface area contributed by atoms with Crippen LogP contribution < -0.4 is 10.2 Å². The molecular weight excluding hydrogens is 526 g/mol. The molecule has 6 nitrogen and oxygen atoms in total. The van der Waals surface area contributed by atoms with Crippen molar-refractivity contribution in [1.29, 1.82) is 0 Å². The van der Waals surface area contributed by atoms with Crippen LogP contribution in [0.1, 0.15) is 30.7 Å². The van der Waals surface area contributed by atoms with Gasteiger partial charge in [-0.25, -0.2) is 9.37 Å². The quantitative estimate of drug-likeness (QED) is 0.357. The summed E-state index contributed by atoms with van der Waals surface area (Å²) in [5, 5.41) is 4.99. The monoisotopic (exact) mass is 550 g/mol. The average molecular weight is 551 g/mol. The maximum absolute atomic E-state index is 14.2. The lowest BCUT2D eigenvalue weighted by molar-refractivity contribution is 0.372. The predicted molar refractivity (Wildman–Crippen MR) is 128 cm³/mol. The van der Waals surface area contributed by atoms with Crippen molar-refractivity contribution in [3.05, 3.63) is 40.4 Å².